The van der Waals surface area contributed by atoms with Gasteiger partial charge >= 0.3 is 6.18 Å². The summed E-state index contributed by atoms with van der Waals surface area (Å²) in [5.74, 6) is -0.395. The van der Waals surface area contributed by atoms with Gasteiger partial charge in [-0.1, -0.05) is 6.07 Å². The van der Waals surface area contributed by atoms with Crippen LogP contribution < -0.4 is 15.8 Å². The fourth-order valence-electron chi connectivity index (χ4n) is 2.24. The van der Waals surface area contributed by atoms with Crippen LogP contribution in [0.3, 0.4) is 0 Å². The Bertz CT molecular complexity index is 766. The van der Waals surface area contributed by atoms with Crippen molar-refractivity contribution in [2.24, 2.45) is 5.73 Å². The Morgan fingerprint density at radius 2 is 2.07 bits per heavy atom. The minimum atomic E-state index is -4.55. The molecule has 0 radical (unpaired) electrons. The number of ether oxygens (including phenoxy) is 1. The maximum atomic E-state index is 13.3. The van der Waals surface area contributed by atoms with Gasteiger partial charge in [-0.25, -0.2) is 4.98 Å². The second-order valence-electron chi connectivity index (χ2n) is 5.83. The maximum Gasteiger partial charge on any atom is 0.416 e. The third kappa shape index (κ3) is 6.67. The third-order valence-electron chi connectivity index (χ3n) is 3.34. The molecule has 27 heavy (non-hydrogen) atoms. The van der Waals surface area contributed by atoms with Crippen LogP contribution in [0.2, 0.25) is 0 Å². The topological polar surface area (TPSA) is 77.2 Å². The molecule has 10 heteroatoms. The second kappa shape index (κ2) is 9.91. The van der Waals surface area contributed by atoms with E-state index >= 15 is 0 Å². The number of aromatic nitrogens is 1. The summed E-state index contributed by atoms with van der Waals surface area (Å²) in [6.45, 7) is 3.61. The number of hydrogen-bond acceptors (Lipinski definition) is 5. The van der Waals surface area contributed by atoms with E-state index in [-0.39, 0.29) is 42.1 Å². The summed E-state index contributed by atoms with van der Waals surface area (Å²) in [4.78, 5) is 16.2. The first-order chi connectivity index (χ1) is 12.2. The number of hydrogen-bond donors (Lipinski definition) is 2. The number of amides is 1. The molecule has 0 bridgehead atoms. The van der Waals surface area contributed by atoms with Gasteiger partial charge in [0, 0.05) is 18.3 Å². The maximum absolute atomic E-state index is 13.3. The number of benzene rings is 1. The number of carbonyl (C=O) groups excluding carboxylic acids is 1. The molecule has 0 fully saturated rings. The zero-order chi connectivity index (χ0) is 19.3. The van der Waals surface area contributed by atoms with Gasteiger partial charge in [-0.3, -0.25) is 4.79 Å². The Morgan fingerprint density at radius 3 is 2.67 bits per heavy atom. The van der Waals surface area contributed by atoms with Gasteiger partial charge < -0.3 is 15.8 Å². The van der Waals surface area contributed by atoms with E-state index < -0.39 is 17.6 Å². The van der Waals surface area contributed by atoms with Crippen molar-refractivity contribution in [1.82, 2.24) is 10.3 Å². The molecular formula is C17H21ClF3N3O2S. The molecular weight excluding hydrogens is 403 g/mol. The molecule has 3 N–H and O–H groups in total. The highest BCUT2D eigenvalue weighted by Crippen LogP contribution is 2.34. The summed E-state index contributed by atoms with van der Waals surface area (Å²) in [6, 6.07) is 3.71. The standard InChI is InChI=1S/C17H20F3N3O2S.ClH/c1-10(2)25-12-4-3-11(13(7-12)17(18,19)20)8-22-16(24)14-9-26-15(23-14)5-6-21;/h3-4,7,9-10H,5-6,8,21H2,1-2H3,(H,22,24);1H. The van der Waals surface area contributed by atoms with Gasteiger partial charge in [-0.15, -0.1) is 23.7 Å². The smallest absolute Gasteiger partial charge is 0.416 e. The third-order valence-corrected chi connectivity index (χ3v) is 4.25. The van der Waals surface area contributed by atoms with E-state index in [2.05, 4.69) is 10.3 Å². The van der Waals surface area contributed by atoms with Gasteiger partial charge in [0.2, 0.25) is 0 Å². The fourth-order valence-corrected chi connectivity index (χ4v) is 3.03. The highest BCUT2D eigenvalue weighted by atomic mass is 35.5. The minimum absolute atomic E-state index is 0. The van der Waals surface area contributed by atoms with Gasteiger partial charge in [0.1, 0.15) is 11.4 Å². The fraction of sp³-hybridized carbons (Fsp3) is 0.412. The summed E-state index contributed by atoms with van der Waals surface area (Å²) in [5.41, 5.74) is 4.73. The minimum Gasteiger partial charge on any atom is -0.491 e. The lowest BCUT2D eigenvalue weighted by atomic mass is 10.1. The normalized spacial score (nSPS) is 11.2. The highest BCUT2D eigenvalue weighted by molar-refractivity contribution is 7.09. The summed E-state index contributed by atoms with van der Waals surface area (Å²) in [7, 11) is 0. The lowest BCUT2D eigenvalue weighted by molar-refractivity contribution is -0.138. The van der Waals surface area contributed by atoms with Crippen LogP contribution in [0.1, 0.15) is 40.5 Å². The van der Waals surface area contributed by atoms with Crippen molar-refractivity contribution in [3.8, 4) is 5.75 Å². The van der Waals surface area contributed by atoms with Crippen molar-refractivity contribution < 1.29 is 22.7 Å². The number of carbonyl (C=O) groups is 1. The Kier molecular flexibility index (Phi) is 8.52. The molecule has 0 aliphatic rings. The van der Waals surface area contributed by atoms with E-state index in [1.54, 1.807) is 19.2 Å². The number of alkyl halides is 3. The van der Waals surface area contributed by atoms with E-state index in [9.17, 15) is 18.0 Å². The summed E-state index contributed by atoms with van der Waals surface area (Å²) >= 11 is 1.29. The molecule has 5 nitrogen and oxygen atoms in total. The average molecular weight is 424 g/mol. The zero-order valence-corrected chi connectivity index (χ0v) is 16.4. The van der Waals surface area contributed by atoms with E-state index in [1.807, 2.05) is 0 Å². The molecule has 1 amide bonds. The molecule has 0 saturated carbocycles. The molecule has 0 atom stereocenters. The van der Waals surface area contributed by atoms with E-state index in [0.29, 0.717) is 18.0 Å². The first kappa shape index (κ1) is 23.2. The van der Waals surface area contributed by atoms with Crippen molar-refractivity contribution in [2.45, 2.75) is 39.1 Å². The van der Waals surface area contributed by atoms with E-state index in [4.69, 9.17) is 10.5 Å². The van der Waals surface area contributed by atoms with Gasteiger partial charge in [0.15, 0.2) is 0 Å². The van der Waals surface area contributed by atoms with Crippen LogP contribution in [-0.4, -0.2) is 23.5 Å². The first-order valence-electron chi connectivity index (χ1n) is 8.00. The Hall–Kier alpha value is -1.84. The number of rotatable bonds is 7. The predicted molar refractivity (Wildman–Crippen MR) is 100 cm³/mol. The van der Waals surface area contributed by atoms with Gasteiger partial charge in [-0.2, -0.15) is 13.2 Å². The van der Waals surface area contributed by atoms with Crippen LogP contribution in [0.5, 0.6) is 5.75 Å². The van der Waals surface area contributed by atoms with Gasteiger partial charge in [0.05, 0.1) is 16.7 Å². The lowest BCUT2D eigenvalue weighted by Gasteiger charge is -2.16. The second-order valence-corrected chi connectivity index (χ2v) is 6.77. The molecule has 150 valence electrons. The van der Waals surface area contributed by atoms with Crippen molar-refractivity contribution in [2.75, 3.05) is 6.54 Å². The molecule has 1 aromatic heterocycles. The Labute approximate surface area is 165 Å². The first-order valence-corrected chi connectivity index (χ1v) is 8.88. The monoisotopic (exact) mass is 423 g/mol. The van der Waals surface area contributed by atoms with Crippen molar-refractivity contribution in [3.63, 3.8) is 0 Å². The van der Waals surface area contributed by atoms with Crippen LogP contribution in [0, 0.1) is 0 Å². The highest BCUT2D eigenvalue weighted by Gasteiger charge is 2.34. The average Bonchev–Trinajstić information content (AvgIpc) is 3.01. The zero-order valence-electron chi connectivity index (χ0n) is 14.8. The molecule has 2 rings (SSSR count). The van der Waals surface area contributed by atoms with E-state index in [0.717, 1.165) is 6.07 Å². The SMILES string of the molecule is CC(C)Oc1ccc(CNC(=O)c2csc(CCN)n2)c(C(F)(F)F)c1.Cl. The lowest BCUT2D eigenvalue weighted by Crippen LogP contribution is -2.25. The van der Waals surface area contributed by atoms with Gasteiger partial charge in [0.25, 0.3) is 5.91 Å². The Morgan fingerprint density at radius 1 is 1.37 bits per heavy atom. The van der Waals surface area contributed by atoms with Crippen molar-refractivity contribution in [3.05, 3.63) is 45.4 Å². The van der Waals surface area contributed by atoms with E-state index in [1.165, 1.54) is 23.5 Å². The van der Waals surface area contributed by atoms with Crippen LogP contribution in [-0.2, 0) is 19.1 Å². The number of nitrogens with two attached hydrogens (primary N) is 1. The summed E-state index contributed by atoms with van der Waals surface area (Å²) < 4.78 is 45.3. The Balaban J connectivity index is 0.00000364. The summed E-state index contributed by atoms with van der Waals surface area (Å²) in [5, 5.41) is 4.75. The molecule has 1 aromatic carbocycles. The molecule has 0 aliphatic heterocycles. The van der Waals surface area contributed by atoms with Gasteiger partial charge in [-0.05, 0) is 38.1 Å². The number of nitrogens with zero attached hydrogens (tertiary/aromatic N) is 1. The largest absolute Gasteiger partial charge is 0.491 e. The molecule has 2 aromatic rings. The molecule has 0 spiro atoms. The molecule has 0 saturated heterocycles. The summed E-state index contributed by atoms with van der Waals surface area (Å²) in [6.07, 6.45) is -4.24. The molecule has 1 heterocycles. The quantitative estimate of drug-likeness (QED) is 0.710. The van der Waals surface area contributed by atoms with Crippen LogP contribution in [0.15, 0.2) is 23.6 Å². The van der Waals surface area contributed by atoms with Crippen molar-refractivity contribution >= 4 is 29.7 Å². The van der Waals surface area contributed by atoms with Crippen LogP contribution >= 0.6 is 23.7 Å². The number of nitrogens with one attached hydrogen (secondary N) is 1. The number of halogens is 4. The van der Waals surface area contributed by atoms with Crippen LogP contribution in [0.25, 0.3) is 0 Å². The predicted octanol–water partition coefficient (Wildman–Crippen LogP) is 3.80. The molecule has 0 unspecified atom stereocenters. The van der Waals surface area contributed by atoms with Crippen molar-refractivity contribution in [1.29, 1.82) is 0 Å². The van der Waals surface area contributed by atoms with Crippen LogP contribution in [0.4, 0.5) is 13.2 Å². The number of thiazole rings is 1. The molecule has 0 aliphatic carbocycles.